The van der Waals surface area contributed by atoms with Crippen LogP contribution in [0.2, 0.25) is 0 Å². The van der Waals surface area contributed by atoms with Crippen molar-refractivity contribution >= 4 is 22.9 Å². The summed E-state index contributed by atoms with van der Waals surface area (Å²) < 4.78 is 7.61. The van der Waals surface area contributed by atoms with Crippen LogP contribution in [0.25, 0.3) is 16.9 Å². The lowest BCUT2D eigenvalue weighted by atomic mass is 9.92. The maximum absolute atomic E-state index is 11.8. The third-order valence-corrected chi connectivity index (χ3v) is 5.94. The van der Waals surface area contributed by atoms with E-state index in [2.05, 4.69) is 28.5 Å². The fourth-order valence-electron chi connectivity index (χ4n) is 4.86. The fraction of sp³-hybridized carbons (Fsp3) is 0.391. The van der Waals surface area contributed by atoms with Crippen LogP contribution in [0.5, 0.6) is 5.75 Å². The van der Waals surface area contributed by atoms with Crippen LogP contribution in [0.4, 0.5) is 11.4 Å². The summed E-state index contributed by atoms with van der Waals surface area (Å²) in [5.74, 6) is 1.90. The number of fused-ring (bicyclic) bond motifs is 2. The van der Waals surface area contributed by atoms with Gasteiger partial charge in [0.05, 0.1) is 17.1 Å². The number of benzene rings is 1. The van der Waals surface area contributed by atoms with Crippen molar-refractivity contribution < 1.29 is 9.53 Å². The predicted molar refractivity (Wildman–Crippen MR) is 117 cm³/mol. The van der Waals surface area contributed by atoms with Gasteiger partial charge < -0.3 is 20.2 Å². The number of imidazole rings is 1. The van der Waals surface area contributed by atoms with E-state index in [0.717, 1.165) is 42.2 Å². The molecule has 3 N–H and O–H groups in total. The highest BCUT2D eigenvalue weighted by Gasteiger charge is 2.25. The quantitative estimate of drug-likeness (QED) is 0.698. The Morgan fingerprint density at radius 1 is 1.20 bits per heavy atom. The van der Waals surface area contributed by atoms with E-state index >= 15 is 0 Å². The first-order valence-corrected chi connectivity index (χ1v) is 10.5. The topological polar surface area (TPSA) is 84.9 Å². The number of nitrogens with zero attached hydrogens (tertiary/aromatic N) is 3. The van der Waals surface area contributed by atoms with Gasteiger partial charge in [-0.15, -0.1) is 0 Å². The number of ether oxygens (including phenoxy) is 1. The molecule has 7 nitrogen and oxygen atoms in total. The molecule has 1 amide bonds. The third-order valence-electron chi connectivity index (χ3n) is 5.94. The molecular formula is C23H27N5O2. The highest BCUT2D eigenvalue weighted by atomic mass is 16.5. The Morgan fingerprint density at radius 3 is 2.80 bits per heavy atom. The fourth-order valence-corrected chi connectivity index (χ4v) is 4.86. The number of rotatable bonds is 3. The highest BCUT2D eigenvalue weighted by Crippen LogP contribution is 2.35. The lowest BCUT2D eigenvalue weighted by molar-refractivity contribution is -0.118. The van der Waals surface area contributed by atoms with E-state index in [1.807, 2.05) is 36.5 Å². The SMILES string of the molecule is CC1CC(C)CN(Cc2c(-c3ccc4c(c3)NC(=O)CO4)nc3ccc(N)cn23)C1. The maximum atomic E-state index is 11.8. The van der Waals surface area contributed by atoms with Gasteiger partial charge in [0.1, 0.15) is 11.4 Å². The molecule has 0 bridgehead atoms. The van der Waals surface area contributed by atoms with Crippen LogP contribution in [0.1, 0.15) is 26.0 Å². The second-order valence-corrected chi connectivity index (χ2v) is 8.79. The van der Waals surface area contributed by atoms with E-state index in [9.17, 15) is 4.79 Å². The Balaban J connectivity index is 1.59. The van der Waals surface area contributed by atoms with Gasteiger partial charge in [-0.25, -0.2) is 4.98 Å². The van der Waals surface area contributed by atoms with E-state index in [1.165, 1.54) is 6.42 Å². The number of carbonyl (C=O) groups is 1. The van der Waals surface area contributed by atoms with E-state index < -0.39 is 0 Å². The summed E-state index contributed by atoms with van der Waals surface area (Å²) >= 11 is 0. The molecule has 1 saturated heterocycles. The number of hydrogen-bond acceptors (Lipinski definition) is 5. The smallest absolute Gasteiger partial charge is 0.262 e. The van der Waals surface area contributed by atoms with Gasteiger partial charge in [-0.05, 0) is 48.6 Å². The molecule has 30 heavy (non-hydrogen) atoms. The monoisotopic (exact) mass is 405 g/mol. The highest BCUT2D eigenvalue weighted by molar-refractivity contribution is 5.96. The molecule has 2 unspecified atom stereocenters. The Bertz CT molecular complexity index is 1110. The molecule has 2 aliphatic rings. The molecule has 2 atom stereocenters. The molecule has 7 heteroatoms. The normalized spacial score (nSPS) is 21.9. The van der Waals surface area contributed by atoms with Crippen molar-refractivity contribution in [3.05, 3.63) is 42.2 Å². The summed E-state index contributed by atoms with van der Waals surface area (Å²) in [5.41, 5.74) is 11.3. The zero-order valence-electron chi connectivity index (χ0n) is 17.4. The van der Waals surface area contributed by atoms with Crippen LogP contribution in [-0.4, -0.2) is 39.9 Å². The second-order valence-electron chi connectivity index (χ2n) is 8.79. The van der Waals surface area contributed by atoms with Gasteiger partial charge in [0, 0.05) is 37.1 Å². The average molecular weight is 406 g/mol. The number of nitrogens with one attached hydrogen (secondary N) is 1. The van der Waals surface area contributed by atoms with E-state index in [4.69, 9.17) is 15.5 Å². The van der Waals surface area contributed by atoms with E-state index in [-0.39, 0.29) is 12.5 Å². The molecular weight excluding hydrogens is 378 g/mol. The number of nitrogen functional groups attached to an aromatic ring is 1. The van der Waals surface area contributed by atoms with E-state index in [0.29, 0.717) is 29.0 Å². The summed E-state index contributed by atoms with van der Waals surface area (Å²) in [7, 11) is 0. The minimum Gasteiger partial charge on any atom is -0.482 e. The van der Waals surface area contributed by atoms with Crippen molar-refractivity contribution in [1.82, 2.24) is 14.3 Å². The van der Waals surface area contributed by atoms with Crippen molar-refractivity contribution in [2.24, 2.45) is 11.8 Å². The predicted octanol–water partition coefficient (Wildman–Crippen LogP) is 3.39. The van der Waals surface area contributed by atoms with Crippen molar-refractivity contribution in [1.29, 1.82) is 0 Å². The number of hydrogen-bond donors (Lipinski definition) is 2. The third kappa shape index (κ3) is 3.50. The lowest BCUT2D eigenvalue weighted by Crippen LogP contribution is -2.38. The van der Waals surface area contributed by atoms with Crippen LogP contribution in [0, 0.1) is 11.8 Å². The van der Waals surface area contributed by atoms with Crippen LogP contribution in [-0.2, 0) is 11.3 Å². The Morgan fingerprint density at radius 2 is 2.00 bits per heavy atom. The Labute approximate surface area is 175 Å². The van der Waals surface area contributed by atoms with Gasteiger partial charge in [0.25, 0.3) is 5.91 Å². The number of nitrogens with two attached hydrogens (primary N) is 1. The Kier molecular flexibility index (Phi) is 4.62. The number of anilines is 2. The summed E-state index contributed by atoms with van der Waals surface area (Å²) in [6.45, 7) is 7.65. The molecule has 1 aromatic carbocycles. The number of amides is 1. The summed E-state index contributed by atoms with van der Waals surface area (Å²) in [6.07, 6.45) is 3.22. The summed E-state index contributed by atoms with van der Waals surface area (Å²) in [6, 6.07) is 9.68. The second kappa shape index (κ2) is 7.32. The molecule has 4 heterocycles. The van der Waals surface area contributed by atoms with Crippen molar-refractivity contribution in [3.63, 3.8) is 0 Å². The van der Waals surface area contributed by atoms with Gasteiger partial charge in [-0.3, -0.25) is 9.69 Å². The zero-order valence-corrected chi connectivity index (χ0v) is 17.4. The van der Waals surface area contributed by atoms with Crippen LogP contribution >= 0.6 is 0 Å². The summed E-state index contributed by atoms with van der Waals surface area (Å²) in [4.78, 5) is 19.2. The van der Waals surface area contributed by atoms with Gasteiger partial charge in [0.2, 0.25) is 0 Å². The minimum atomic E-state index is -0.140. The van der Waals surface area contributed by atoms with Gasteiger partial charge in [-0.1, -0.05) is 13.8 Å². The van der Waals surface area contributed by atoms with E-state index in [1.54, 1.807) is 0 Å². The minimum absolute atomic E-state index is 0.0521. The number of pyridine rings is 1. The molecule has 156 valence electrons. The maximum Gasteiger partial charge on any atom is 0.262 e. The molecule has 0 spiro atoms. The number of aromatic nitrogens is 2. The van der Waals surface area contributed by atoms with Crippen LogP contribution in [0.15, 0.2) is 36.5 Å². The first-order valence-electron chi connectivity index (χ1n) is 10.5. The number of likely N-dealkylation sites (tertiary alicyclic amines) is 1. The molecule has 5 rings (SSSR count). The van der Waals surface area contributed by atoms with Gasteiger partial charge in [0.15, 0.2) is 6.61 Å². The molecule has 0 saturated carbocycles. The first-order chi connectivity index (χ1) is 14.5. The van der Waals surface area contributed by atoms with Gasteiger partial charge in [-0.2, -0.15) is 0 Å². The van der Waals surface area contributed by atoms with Crippen LogP contribution in [0.3, 0.4) is 0 Å². The van der Waals surface area contributed by atoms with Crippen molar-refractivity contribution in [2.45, 2.75) is 26.8 Å². The standard InChI is InChI=1S/C23H27N5O2/c1-14-7-15(2)10-27(9-14)12-19-23(26-21-6-4-17(24)11-28(19)21)16-3-5-20-18(8-16)25-22(29)13-30-20/h3-6,8,11,14-15H,7,9-10,12-13,24H2,1-2H3,(H,25,29). The average Bonchev–Trinajstić information content (AvgIpc) is 3.04. The van der Waals surface area contributed by atoms with Gasteiger partial charge >= 0.3 is 0 Å². The molecule has 3 aromatic rings. The van der Waals surface area contributed by atoms with Crippen LogP contribution < -0.4 is 15.8 Å². The number of piperidine rings is 1. The molecule has 2 aromatic heterocycles. The molecule has 0 aliphatic carbocycles. The lowest BCUT2D eigenvalue weighted by Gasteiger charge is -2.35. The molecule has 1 fully saturated rings. The molecule has 2 aliphatic heterocycles. The summed E-state index contributed by atoms with van der Waals surface area (Å²) in [5, 5.41) is 2.90. The van der Waals surface area contributed by atoms with Crippen molar-refractivity contribution in [3.8, 4) is 17.0 Å². The first kappa shape index (κ1) is 18.9. The zero-order chi connectivity index (χ0) is 20.8. The largest absolute Gasteiger partial charge is 0.482 e. The Hall–Kier alpha value is -3.06. The molecule has 0 radical (unpaired) electrons. The number of carbonyl (C=O) groups excluding carboxylic acids is 1. The van der Waals surface area contributed by atoms with Crippen molar-refractivity contribution in [2.75, 3.05) is 30.7 Å².